The van der Waals surface area contributed by atoms with Gasteiger partial charge < -0.3 is 52.1 Å². The minimum Gasteiger partial charge on any atom is -0.463 e. The van der Waals surface area contributed by atoms with Crippen LogP contribution in [0.4, 0.5) is 0 Å². The van der Waals surface area contributed by atoms with E-state index in [1.165, 1.54) is 0 Å². The molecule has 0 N–H and O–H groups in total. The average molecular weight is 933 g/mol. The van der Waals surface area contributed by atoms with Gasteiger partial charge in [0.1, 0.15) is 31.5 Å². The van der Waals surface area contributed by atoms with E-state index in [0.29, 0.717) is 25.7 Å². The molecule has 0 amide bonds. The van der Waals surface area contributed by atoms with Crippen LogP contribution in [0, 0.1) is 5.92 Å². The quantitative estimate of drug-likeness (QED) is 0.0949. The van der Waals surface area contributed by atoms with Crippen molar-refractivity contribution in [3.63, 3.8) is 0 Å². The molecule has 2 fully saturated rings. The first-order chi connectivity index (χ1) is 28.9. The highest BCUT2D eigenvalue weighted by molar-refractivity contribution is 7.92. The van der Waals surface area contributed by atoms with Gasteiger partial charge in [0.15, 0.2) is 62.8 Å². The molecule has 356 valence electrons. The zero-order valence-electron chi connectivity index (χ0n) is 36.4. The molecule has 0 aromatic rings. The van der Waals surface area contributed by atoms with Crippen molar-refractivity contribution in [3.8, 4) is 0 Å². The summed E-state index contributed by atoms with van der Waals surface area (Å²) >= 11 is 0. The molecule has 0 radical (unpaired) electrons. The molecule has 0 aromatic heterocycles. The summed E-state index contributed by atoms with van der Waals surface area (Å²) in [5.74, 6) is -9.23. The van der Waals surface area contributed by atoms with Gasteiger partial charge in [-0.2, -0.15) is 0 Å². The maximum absolute atomic E-state index is 13.1. The Bertz CT molecular complexity index is 1720. The lowest BCUT2D eigenvalue weighted by molar-refractivity contribution is -0.361. The first-order valence-electron chi connectivity index (χ1n) is 20.0. The molecule has 2 heterocycles. The molecule has 0 aliphatic carbocycles. The Labute approximate surface area is 361 Å². The van der Waals surface area contributed by atoms with Crippen molar-refractivity contribution in [1.29, 1.82) is 0 Å². The molecule has 2 rings (SSSR count). The Hall–Kier alpha value is -3.97. The number of carbonyl (C=O) groups is 7. The molecule has 0 aromatic carbocycles. The molecule has 62 heavy (non-hydrogen) atoms. The predicted molar refractivity (Wildman–Crippen MR) is 210 cm³/mol. The zero-order chi connectivity index (χ0) is 46.9. The molecule has 0 saturated carbocycles. The number of carbonyl (C=O) groups excluding carboxylic acids is 7. The topological polar surface area (TPSA) is 289 Å². The van der Waals surface area contributed by atoms with Gasteiger partial charge in [0.25, 0.3) is 0 Å². The summed E-state index contributed by atoms with van der Waals surface area (Å²) in [5, 5.41) is 0. The number of rotatable bonds is 24. The number of hydrogen-bond donors (Lipinski definition) is 0. The third-order valence-corrected chi connectivity index (χ3v) is 12.8. The van der Waals surface area contributed by atoms with E-state index in [1.54, 1.807) is 13.8 Å². The molecule has 2 aliphatic heterocycles. The molecule has 2 aliphatic rings. The Morgan fingerprint density at radius 2 is 0.839 bits per heavy atom. The molecular weight excluding hydrogens is 873 g/mol. The van der Waals surface area contributed by atoms with Gasteiger partial charge >= 0.3 is 41.8 Å². The van der Waals surface area contributed by atoms with Crippen LogP contribution in [0.25, 0.3) is 0 Å². The summed E-state index contributed by atoms with van der Waals surface area (Å²) in [5.41, 5.74) is 0. The molecule has 10 atom stereocenters. The van der Waals surface area contributed by atoms with Crippen molar-refractivity contribution in [2.45, 2.75) is 149 Å². The van der Waals surface area contributed by atoms with Crippen molar-refractivity contribution in [1.82, 2.24) is 0 Å². The van der Waals surface area contributed by atoms with Gasteiger partial charge in [0.2, 0.25) is 0 Å². The lowest BCUT2D eigenvalue weighted by Gasteiger charge is -2.48. The fourth-order valence-corrected chi connectivity index (χ4v) is 10.4. The van der Waals surface area contributed by atoms with Crippen molar-refractivity contribution in [2.75, 3.05) is 42.8 Å². The number of sulfone groups is 2. The third-order valence-electron chi connectivity index (χ3n) is 8.98. The number of unbranched alkanes of at least 4 members (excludes halogenated alkanes) is 2. The van der Waals surface area contributed by atoms with Gasteiger partial charge in [-0.15, -0.1) is 0 Å². The second kappa shape index (κ2) is 25.4. The minimum absolute atomic E-state index is 0.220. The van der Waals surface area contributed by atoms with Crippen LogP contribution >= 0.6 is 0 Å². The number of ether oxygens (including phenoxy) is 11. The molecule has 22 nitrogen and oxygen atoms in total. The summed E-state index contributed by atoms with van der Waals surface area (Å²) in [7, 11) is -7.61. The van der Waals surface area contributed by atoms with E-state index in [0.717, 1.165) is 48.5 Å². The van der Waals surface area contributed by atoms with Crippen molar-refractivity contribution in [3.05, 3.63) is 0 Å². The van der Waals surface area contributed by atoms with Gasteiger partial charge in [-0.3, -0.25) is 33.6 Å². The van der Waals surface area contributed by atoms with Crippen molar-refractivity contribution >= 4 is 61.5 Å². The second-order valence-electron chi connectivity index (χ2n) is 14.8. The van der Waals surface area contributed by atoms with E-state index < -0.39 is 160 Å². The van der Waals surface area contributed by atoms with Crippen LogP contribution in [0.3, 0.4) is 0 Å². The molecule has 2 saturated heterocycles. The lowest BCUT2D eigenvalue weighted by Crippen LogP contribution is -2.67. The first kappa shape index (κ1) is 54.2. The number of esters is 7. The van der Waals surface area contributed by atoms with Gasteiger partial charge in [-0.1, -0.05) is 26.7 Å². The van der Waals surface area contributed by atoms with Gasteiger partial charge in [0.05, 0.1) is 29.6 Å². The highest BCUT2D eigenvalue weighted by Gasteiger charge is 2.57. The Balaban J connectivity index is 2.77. The standard InChI is InChI=1S/C38H60O22S2/c1-10-12-14-61(46,47)19-28(20-62(48,49)15-13-11-2)16-52-37-35(56-26(8)44)34(55-25(7)43)32(30(58-37)18-51-22(4)40)60-38-36(57-27(9)45)33(54-24(6)42)31(53-23(5)41)29(59-38)17-50-21(3)39/h28-38H,10-20H2,1-9H3/t29-,30-,31+,32+,33+,34+,35-,36-,37+,38+/m1/s1. The summed E-state index contributed by atoms with van der Waals surface area (Å²) in [6.45, 7) is 8.75. The maximum atomic E-state index is 13.1. The summed E-state index contributed by atoms with van der Waals surface area (Å²) < 4.78 is 115. The van der Waals surface area contributed by atoms with Gasteiger partial charge in [-0.05, 0) is 12.8 Å². The molecular formula is C38H60O22S2. The van der Waals surface area contributed by atoms with E-state index in [-0.39, 0.29) is 11.5 Å². The van der Waals surface area contributed by atoms with E-state index in [4.69, 9.17) is 52.1 Å². The highest BCUT2D eigenvalue weighted by Crippen LogP contribution is 2.36. The SMILES string of the molecule is CCCCS(=O)(=O)CC(CO[C@H]1O[C@H](COC(C)=O)[C@H](O[C@@H]2O[C@H](COC(C)=O)[C@H](OC(C)=O)[C@H](OC(C)=O)[C@H]2OC(C)=O)[C@H](OC(C)=O)[C@H]1OC(C)=O)CS(=O)(=O)CCCC. The fourth-order valence-electron chi connectivity index (χ4n) is 6.60. The largest absolute Gasteiger partial charge is 0.463 e. The van der Waals surface area contributed by atoms with Crippen LogP contribution in [0.5, 0.6) is 0 Å². The van der Waals surface area contributed by atoms with E-state index in [9.17, 15) is 50.4 Å². The third kappa shape index (κ3) is 18.8. The van der Waals surface area contributed by atoms with Crippen LogP contribution in [0.15, 0.2) is 0 Å². The van der Waals surface area contributed by atoms with E-state index >= 15 is 0 Å². The molecule has 0 unspecified atom stereocenters. The van der Waals surface area contributed by atoms with Gasteiger partial charge in [0, 0.05) is 54.4 Å². The summed E-state index contributed by atoms with van der Waals surface area (Å²) in [6.07, 6.45) is -15.4. The fraction of sp³-hybridized carbons (Fsp3) is 0.816. The Morgan fingerprint density at radius 1 is 0.484 bits per heavy atom. The lowest BCUT2D eigenvalue weighted by atomic mass is 9.96. The summed E-state index contributed by atoms with van der Waals surface area (Å²) in [6, 6.07) is 0. The highest BCUT2D eigenvalue weighted by atomic mass is 32.2. The van der Waals surface area contributed by atoms with Crippen LogP contribution in [0.1, 0.15) is 88.0 Å². The van der Waals surface area contributed by atoms with Crippen LogP contribution in [0.2, 0.25) is 0 Å². The first-order valence-corrected chi connectivity index (χ1v) is 23.6. The molecule has 24 heteroatoms. The minimum atomic E-state index is -3.81. The van der Waals surface area contributed by atoms with Crippen LogP contribution in [-0.2, 0) is 105 Å². The van der Waals surface area contributed by atoms with Crippen molar-refractivity contribution < 1.29 is 103 Å². The average Bonchev–Trinajstić information content (AvgIpc) is 3.13. The maximum Gasteiger partial charge on any atom is 0.303 e. The Morgan fingerprint density at radius 3 is 1.24 bits per heavy atom. The van der Waals surface area contributed by atoms with Crippen LogP contribution in [-0.4, -0.2) is 163 Å². The summed E-state index contributed by atoms with van der Waals surface area (Å²) in [4.78, 5) is 86.7. The smallest absolute Gasteiger partial charge is 0.303 e. The second-order valence-corrected chi connectivity index (χ2v) is 19.3. The molecule has 0 spiro atoms. The zero-order valence-corrected chi connectivity index (χ0v) is 38.1. The normalized spacial score (nSPS) is 26.4. The van der Waals surface area contributed by atoms with Crippen LogP contribution < -0.4 is 0 Å². The predicted octanol–water partition coefficient (Wildman–Crippen LogP) is 0.669. The van der Waals surface area contributed by atoms with E-state index in [2.05, 4.69) is 0 Å². The Kier molecular flexibility index (Phi) is 22.2. The monoisotopic (exact) mass is 932 g/mol. The molecule has 0 bridgehead atoms. The van der Waals surface area contributed by atoms with Gasteiger partial charge in [-0.25, -0.2) is 16.8 Å². The van der Waals surface area contributed by atoms with Crippen molar-refractivity contribution in [2.24, 2.45) is 5.92 Å². The van der Waals surface area contributed by atoms with E-state index in [1.807, 2.05) is 0 Å². The number of hydrogen-bond acceptors (Lipinski definition) is 22.